The van der Waals surface area contributed by atoms with Gasteiger partial charge in [0.1, 0.15) is 23.3 Å². The van der Waals surface area contributed by atoms with Gasteiger partial charge in [0.25, 0.3) is 0 Å². The third-order valence-electron chi connectivity index (χ3n) is 4.41. The van der Waals surface area contributed by atoms with Gasteiger partial charge in [0, 0.05) is 6.07 Å². The van der Waals surface area contributed by atoms with Crippen molar-refractivity contribution in [3.63, 3.8) is 0 Å². The Balaban J connectivity index is 1.88. The standard InChI is InChI=1S/C23H24O6/c1-5-26-23(25)15(4)28-16-10-11-18-20(12-16)27-13-21(22(18)24)29-19-9-7-6-8-17(19)14(2)3/h6-15H,5H2,1-4H3/t15-/m0/s1. The van der Waals surface area contributed by atoms with E-state index in [0.29, 0.717) is 22.5 Å². The predicted octanol–water partition coefficient (Wildman–Crippen LogP) is 5.04. The van der Waals surface area contributed by atoms with Crippen LogP contribution in [0.25, 0.3) is 11.0 Å². The van der Waals surface area contributed by atoms with Crippen molar-refractivity contribution < 1.29 is 23.4 Å². The maximum atomic E-state index is 12.8. The van der Waals surface area contributed by atoms with E-state index in [9.17, 15) is 9.59 Å². The first-order valence-electron chi connectivity index (χ1n) is 9.56. The molecule has 6 nitrogen and oxygen atoms in total. The molecule has 0 amide bonds. The zero-order valence-corrected chi connectivity index (χ0v) is 16.9. The Labute approximate surface area is 169 Å². The fourth-order valence-corrected chi connectivity index (χ4v) is 2.92. The molecule has 0 fully saturated rings. The van der Waals surface area contributed by atoms with Gasteiger partial charge in [-0.3, -0.25) is 4.79 Å². The van der Waals surface area contributed by atoms with Crippen LogP contribution in [0.15, 0.2) is 57.9 Å². The summed E-state index contributed by atoms with van der Waals surface area (Å²) < 4.78 is 22.0. The van der Waals surface area contributed by atoms with Crippen molar-refractivity contribution in [3.8, 4) is 17.2 Å². The minimum Gasteiger partial charge on any atom is -0.479 e. The van der Waals surface area contributed by atoms with Crippen molar-refractivity contribution in [1.29, 1.82) is 0 Å². The Bertz CT molecular complexity index is 1070. The summed E-state index contributed by atoms with van der Waals surface area (Å²) in [6.45, 7) is 7.73. The Hall–Kier alpha value is -3.28. The summed E-state index contributed by atoms with van der Waals surface area (Å²) in [7, 11) is 0. The van der Waals surface area contributed by atoms with Gasteiger partial charge in [0.05, 0.1) is 12.0 Å². The molecule has 0 aliphatic heterocycles. The molecule has 152 valence electrons. The van der Waals surface area contributed by atoms with Gasteiger partial charge in [-0.15, -0.1) is 0 Å². The summed E-state index contributed by atoms with van der Waals surface area (Å²) in [5.41, 5.74) is 1.06. The maximum absolute atomic E-state index is 12.8. The van der Waals surface area contributed by atoms with Gasteiger partial charge in [-0.2, -0.15) is 0 Å². The minimum absolute atomic E-state index is 0.110. The van der Waals surface area contributed by atoms with E-state index in [1.54, 1.807) is 32.0 Å². The molecule has 6 heteroatoms. The molecule has 3 aromatic rings. The predicted molar refractivity (Wildman–Crippen MR) is 110 cm³/mol. The lowest BCUT2D eigenvalue weighted by Crippen LogP contribution is -2.26. The molecule has 1 aromatic heterocycles. The average Bonchev–Trinajstić information content (AvgIpc) is 2.70. The second-order valence-electron chi connectivity index (χ2n) is 6.89. The number of para-hydroxylation sites is 1. The van der Waals surface area contributed by atoms with Gasteiger partial charge in [0.2, 0.25) is 11.2 Å². The average molecular weight is 396 g/mol. The first kappa shape index (κ1) is 20.5. The fourth-order valence-electron chi connectivity index (χ4n) is 2.92. The Morgan fingerprint density at radius 1 is 1.07 bits per heavy atom. The largest absolute Gasteiger partial charge is 0.479 e. The molecular formula is C23H24O6. The molecule has 0 spiro atoms. The fraction of sp³-hybridized carbons (Fsp3) is 0.304. The molecule has 0 unspecified atom stereocenters. The number of hydrogen-bond donors (Lipinski definition) is 0. The van der Waals surface area contributed by atoms with Crippen LogP contribution in [-0.4, -0.2) is 18.7 Å². The number of carbonyl (C=O) groups is 1. The van der Waals surface area contributed by atoms with Crippen LogP contribution in [0, 0.1) is 0 Å². The van der Waals surface area contributed by atoms with Crippen LogP contribution in [0.4, 0.5) is 0 Å². The first-order valence-corrected chi connectivity index (χ1v) is 9.56. The molecule has 0 saturated heterocycles. The highest BCUT2D eigenvalue weighted by molar-refractivity contribution is 5.79. The Morgan fingerprint density at radius 3 is 2.55 bits per heavy atom. The molecule has 1 atom stereocenters. The van der Waals surface area contributed by atoms with Crippen molar-refractivity contribution in [2.75, 3.05) is 6.61 Å². The molecule has 0 radical (unpaired) electrons. The lowest BCUT2D eigenvalue weighted by atomic mass is 10.0. The van der Waals surface area contributed by atoms with Gasteiger partial charge in [-0.05, 0) is 43.5 Å². The van der Waals surface area contributed by atoms with Gasteiger partial charge in [0.15, 0.2) is 6.10 Å². The molecule has 0 saturated carbocycles. The van der Waals surface area contributed by atoms with Crippen LogP contribution in [-0.2, 0) is 9.53 Å². The number of fused-ring (bicyclic) bond motifs is 1. The second-order valence-corrected chi connectivity index (χ2v) is 6.89. The SMILES string of the molecule is CCOC(=O)[C@H](C)Oc1ccc2c(=O)c(Oc3ccccc3C(C)C)coc2c1. The molecular weight excluding hydrogens is 372 g/mol. The van der Waals surface area contributed by atoms with Crippen LogP contribution < -0.4 is 14.9 Å². The lowest BCUT2D eigenvalue weighted by Gasteiger charge is -2.14. The maximum Gasteiger partial charge on any atom is 0.347 e. The highest BCUT2D eigenvalue weighted by Gasteiger charge is 2.17. The summed E-state index contributed by atoms with van der Waals surface area (Å²) in [5.74, 6) is 0.929. The van der Waals surface area contributed by atoms with Crippen molar-refractivity contribution in [3.05, 3.63) is 64.5 Å². The second kappa shape index (κ2) is 8.82. The lowest BCUT2D eigenvalue weighted by molar-refractivity contribution is -0.150. The smallest absolute Gasteiger partial charge is 0.347 e. The van der Waals surface area contributed by atoms with E-state index in [-0.39, 0.29) is 23.7 Å². The number of carbonyl (C=O) groups excluding carboxylic acids is 1. The number of ether oxygens (including phenoxy) is 3. The zero-order chi connectivity index (χ0) is 21.0. The Kier molecular flexibility index (Phi) is 6.22. The van der Waals surface area contributed by atoms with E-state index < -0.39 is 12.1 Å². The van der Waals surface area contributed by atoms with Crippen molar-refractivity contribution in [1.82, 2.24) is 0 Å². The van der Waals surface area contributed by atoms with E-state index in [1.807, 2.05) is 24.3 Å². The summed E-state index contributed by atoms with van der Waals surface area (Å²) in [5, 5.41) is 0.362. The zero-order valence-electron chi connectivity index (χ0n) is 16.9. The topological polar surface area (TPSA) is 75.0 Å². The number of hydrogen-bond acceptors (Lipinski definition) is 6. The van der Waals surface area contributed by atoms with Crippen LogP contribution in [0.1, 0.15) is 39.2 Å². The van der Waals surface area contributed by atoms with E-state index in [2.05, 4.69) is 13.8 Å². The van der Waals surface area contributed by atoms with E-state index in [0.717, 1.165) is 5.56 Å². The van der Waals surface area contributed by atoms with Crippen molar-refractivity contribution in [2.24, 2.45) is 0 Å². The summed E-state index contributed by atoms with van der Waals surface area (Å²) in [4.78, 5) is 24.6. The van der Waals surface area contributed by atoms with E-state index >= 15 is 0 Å². The van der Waals surface area contributed by atoms with E-state index in [1.165, 1.54) is 6.26 Å². The highest BCUT2D eigenvalue weighted by atomic mass is 16.6. The van der Waals surface area contributed by atoms with Gasteiger partial charge < -0.3 is 18.6 Å². The molecule has 3 rings (SSSR count). The third-order valence-corrected chi connectivity index (χ3v) is 4.41. The van der Waals surface area contributed by atoms with Gasteiger partial charge in [-0.25, -0.2) is 4.79 Å². The normalized spacial score (nSPS) is 12.0. The molecule has 0 aliphatic carbocycles. The first-order chi connectivity index (χ1) is 13.9. The molecule has 2 aromatic carbocycles. The van der Waals surface area contributed by atoms with Crippen LogP contribution >= 0.6 is 0 Å². The molecule has 1 heterocycles. The van der Waals surface area contributed by atoms with Gasteiger partial charge >= 0.3 is 5.97 Å². The Morgan fingerprint density at radius 2 is 1.83 bits per heavy atom. The van der Waals surface area contributed by atoms with Crippen LogP contribution in [0.3, 0.4) is 0 Å². The number of benzene rings is 2. The number of rotatable bonds is 7. The minimum atomic E-state index is -0.769. The third kappa shape index (κ3) is 4.59. The van der Waals surface area contributed by atoms with E-state index in [4.69, 9.17) is 18.6 Å². The van der Waals surface area contributed by atoms with Crippen molar-refractivity contribution in [2.45, 2.75) is 39.7 Å². The van der Waals surface area contributed by atoms with Crippen LogP contribution in [0.2, 0.25) is 0 Å². The number of esters is 1. The van der Waals surface area contributed by atoms with Crippen LogP contribution in [0.5, 0.6) is 17.2 Å². The molecule has 0 bridgehead atoms. The van der Waals surface area contributed by atoms with Crippen molar-refractivity contribution >= 4 is 16.9 Å². The summed E-state index contributed by atoms with van der Waals surface area (Å²) in [6, 6.07) is 12.4. The summed E-state index contributed by atoms with van der Waals surface area (Å²) in [6.07, 6.45) is 0.523. The highest BCUT2D eigenvalue weighted by Crippen LogP contribution is 2.30. The monoisotopic (exact) mass is 396 g/mol. The van der Waals surface area contributed by atoms with Gasteiger partial charge in [-0.1, -0.05) is 32.0 Å². The molecule has 0 aliphatic rings. The summed E-state index contributed by atoms with van der Waals surface area (Å²) >= 11 is 0. The quantitative estimate of drug-likeness (QED) is 0.521. The molecule has 0 N–H and O–H groups in total. The molecule has 29 heavy (non-hydrogen) atoms.